The number of rotatable bonds is 5. The van der Waals surface area contributed by atoms with Crippen LogP contribution < -0.4 is 10.2 Å². The fourth-order valence-corrected chi connectivity index (χ4v) is 2.68. The molecule has 0 unspecified atom stereocenters. The molecular weight excluding hydrogens is 364 g/mol. The topological polar surface area (TPSA) is 93.5 Å². The normalized spacial score (nSPS) is 10.7. The van der Waals surface area contributed by atoms with Crippen LogP contribution >= 0.6 is 11.5 Å². The molecule has 0 saturated heterocycles. The molecule has 3 aromatic rings. The van der Waals surface area contributed by atoms with Crippen LogP contribution in [0, 0.1) is 13.8 Å². The average Bonchev–Trinajstić information content (AvgIpc) is 3.09. The van der Waals surface area contributed by atoms with Gasteiger partial charge in [-0.2, -0.15) is 5.10 Å². The van der Waals surface area contributed by atoms with E-state index in [2.05, 4.69) is 20.1 Å². The first-order chi connectivity index (χ1) is 13.0. The van der Waals surface area contributed by atoms with Crippen LogP contribution in [0.15, 0.2) is 53.6 Å². The molecule has 27 heavy (non-hydrogen) atoms. The highest BCUT2D eigenvalue weighted by Crippen LogP contribution is 2.14. The predicted octanol–water partition coefficient (Wildman–Crippen LogP) is 3.14. The van der Waals surface area contributed by atoms with Gasteiger partial charge in [0.05, 0.1) is 17.5 Å². The van der Waals surface area contributed by atoms with E-state index in [9.17, 15) is 9.59 Å². The number of hydrogen-bond donors (Lipinski definition) is 1. The molecule has 0 bridgehead atoms. The summed E-state index contributed by atoms with van der Waals surface area (Å²) < 4.78 is 9.04. The molecule has 3 rings (SSSR count). The third-order valence-electron chi connectivity index (χ3n) is 3.62. The van der Waals surface area contributed by atoms with E-state index in [0.717, 1.165) is 22.7 Å². The number of aromatic nitrogens is 2. The van der Waals surface area contributed by atoms with Gasteiger partial charge in [-0.05, 0) is 67.3 Å². The summed E-state index contributed by atoms with van der Waals surface area (Å²) >= 11 is 1.01. The van der Waals surface area contributed by atoms with E-state index in [4.69, 9.17) is 4.74 Å². The predicted molar refractivity (Wildman–Crippen MR) is 102 cm³/mol. The van der Waals surface area contributed by atoms with E-state index in [1.54, 1.807) is 43.3 Å². The van der Waals surface area contributed by atoms with Crippen LogP contribution in [0.5, 0.6) is 5.75 Å². The Morgan fingerprint density at radius 2 is 1.78 bits per heavy atom. The molecule has 7 nitrogen and oxygen atoms in total. The van der Waals surface area contributed by atoms with Crippen LogP contribution in [0.25, 0.3) is 0 Å². The van der Waals surface area contributed by atoms with Crippen molar-refractivity contribution < 1.29 is 14.3 Å². The van der Waals surface area contributed by atoms with E-state index in [0.29, 0.717) is 21.9 Å². The van der Waals surface area contributed by atoms with Crippen LogP contribution in [0.4, 0.5) is 0 Å². The van der Waals surface area contributed by atoms with Gasteiger partial charge < -0.3 is 4.74 Å². The SMILES string of the molecule is Cc1ccc(C(=O)Oc2ccc(/C=N/NC(=O)c3snnc3C)cc2)cc1. The second-order valence-electron chi connectivity index (χ2n) is 5.71. The minimum atomic E-state index is -0.419. The Kier molecular flexibility index (Phi) is 5.68. The Morgan fingerprint density at radius 1 is 1.07 bits per heavy atom. The molecule has 1 heterocycles. The third-order valence-corrected chi connectivity index (χ3v) is 4.44. The van der Waals surface area contributed by atoms with Crippen molar-refractivity contribution in [1.29, 1.82) is 0 Å². The molecule has 8 heteroatoms. The van der Waals surface area contributed by atoms with Crippen molar-refractivity contribution in [2.45, 2.75) is 13.8 Å². The Bertz CT molecular complexity index is 979. The van der Waals surface area contributed by atoms with Gasteiger partial charge in [0.25, 0.3) is 5.91 Å². The molecule has 0 atom stereocenters. The largest absolute Gasteiger partial charge is 0.423 e. The smallest absolute Gasteiger partial charge is 0.343 e. The monoisotopic (exact) mass is 380 g/mol. The lowest BCUT2D eigenvalue weighted by Gasteiger charge is -2.05. The third kappa shape index (κ3) is 4.83. The molecule has 0 aliphatic carbocycles. The van der Waals surface area contributed by atoms with Gasteiger partial charge in [0, 0.05) is 0 Å². The molecular formula is C19H16N4O3S. The number of benzene rings is 2. The maximum Gasteiger partial charge on any atom is 0.343 e. The van der Waals surface area contributed by atoms with E-state index in [1.165, 1.54) is 6.21 Å². The zero-order chi connectivity index (χ0) is 19.2. The molecule has 0 radical (unpaired) electrons. The maximum absolute atomic E-state index is 12.1. The van der Waals surface area contributed by atoms with Gasteiger partial charge in [-0.1, -0.05) is 22.2 Å². The lowest BCUT2D eigenvalue weighted by Crippen LogP contribution is -2.17. The number of aryl methyl sites for hydroxylation is 2. The molecule has 136 valence electrons. The summed E-state index contributed by atoms with van der Waals surface area (Å²) in [6.45, 7) is 3.66. The number of ether oxygens (including phenoxy) is 1. The Labute approximate surface area is 159 Å². The van der Waals surface area contributed by atoms with Crippen LogP contribution in [0.3, 0.4) is 0 Å². The van der Waals surface area contributed by atoms with Crippen molar-refractivity contribution in [1.82, 2.24) is 15.0 Å². The van der Waals surface area contributed by atoms with E-state index < -0.39 is 5.97 Å². The van der Waals surface area contributed by atoms with Gasteiger partial charge >= 0.3 is 5.97 Å². The van der Waals surface area contributed by atoms with Gasteiger partial charge in [0.15, 0.2) is 0 Å². The molecule has 0 aliphatic heterocycles. The van der Waals surface area contributed by atoms with E-state index >= 15 is 0 Å². The summed E-state index contributed by atoms with van der Waals surface area (Å²) in [7, 11) is 0. The number of esters is 1. The maximum atomic E-state index is 12.1. The number of carbonyl (C=O) groups is 2. The van der Waals surface area contributed by atoms with Crippen molar-refractivity contribution in [3.63, 3.8) is 0 Å². The Hall–Kier alpha value is -3.39. The highest BCUT2D eigenvalue weighted by Gasteiger charge is 2.12. The van der Waals surface area contributed by atoms with Crippen molar-refractivity contribution >= 4 is 29.6 Å². The van der Waals surface area contributed by atoms with Crippen LogP contribution in [0.2, 0.25) is 0 Å². The number of nitrogens with zero attached hydrogens (tertiary/aromatic N) is 3. The first-order valence-electron chi connectivity index (χ1n) is 8.04. The number of hydrazone groups is 1. The van der Waals surface area contributed by atoms with Crippen LogP contribution in [-0.2, 0) is 0 Å². The van der Waals surface area contributed by atoms with Gasteiger partial charge in [-0.15, -0.1) is 5.10 Å². The zero-order valence-electron chi connectivity index (χ0n) is 14.7. The molecule has 1 aromatic heterocycles. The molecule has 0 fully saturated rings. The van der Waals surface area contributed by atoms with Crippen molar-refractivity contribution in [2.75, 3.05) is 0 Å². The summed E-state index contributed by atoms with van der Waals surface area (Å²) in [5, 5.41) is 7.68. The number of hydrogen-bond acceptors (Lipinski definition) is 7. The standard InChI is InChI=1S/C19H16N4O3S/c1-12-3-7-15(8-4-12)19(25)26-16-9-5-14(6-10-16)11-20-22-18(24)17-13(2)21-23-27-17/h3-11H,1-2H3,(H,22,24)/b20-11+. The quantitative estimate of drug-likeness (QED) is 0.318. The summed E-state index contributed by atoms with van der Waals surface area (Å²) in [5.41, 5.74) is 5.29. The second kappa shape index (κ2) is 8.33. The molecule has 1 N–H and O–H groups in total. The average molecular weight is 380 g/mol. The lowest BCUT2D eigenvalue weighted by molar-refractivity contribution is 0.0734. The minimum Gasteiger partial charge on any atom is -0.423 e. The van der Waals surface area contributed by atoms with Crippen LogP contribution in [0.1, 0.15) is 36.9 Å². The number of amides is 1. The zero-order valence-corrected chi connectivity index (χ0v) is 15.5. The molecule has 0 aliphatic rings. The van der Waals surface area contributed by atoms with Crippen molar-refractivity contribution in [2.24, 2.45) is 5.10 Å². The molecule has 0 saturated carbocycles. The lowest BCUT2D eigenvalue weighted by atomic mass is 10.1. The first kappa shape index (κ1) is 18.4. The highest BCUT2D eigenvalue weighted by atomic mass is 32.1. The van der Waals surface area contributed by atoms with Crippen molar-refractivity contribution in [3.8, 4) is 5.75 Å². The minimum absolute atomic E-state index is 0.359. The van der Waals surface area contributed by atoms with Crippen LogP contribution in [-0.4, -0.2) is 27.7 Å². The molecule has 0 spiro atoms. The molecule has 2 aromatic carbocycles. The fourth-order valence-electron chi connectivity index (χ4n) is 2.13. The van der Waals surface area contributed by atoms with E-state index in [1.807, 2.05) is 19.1 Å². The highest BCUT2D eigenvalue weighted by molar-refractivity contribution is 7.07. The number of nitrogens with one attached hydrogen (secondary N) is 1. The summed E-state index contributed by atoms with van der Waals surface area (Å²) in [6.07, 6.45) is 1.49. The molecule has 1 amide bonds. The summed E-state index contributed by atoms with van der Waals surface area (Å²) in [6, 6.07) is 13.9. The van der Waals surface area contributed by atoms with Crippen molar-refractivity contribution in [3.05, 3.63) is 75.8 Å². The first-order valence-corrected chi connectivity index (χ1v) is 8.81. The van der Waals surface area contributed by atoms with Gasteiger partial charge in [0.1, 0.15) is 10.6 Å². The summed E-state index contributed by atoms with van der Waals surface area (Å²) in [5.74, 6) is -0.354. The fraction of sp³-hybridized carbons (Fsp3) is 0.105. The van der Waals surface area contributed by atoms with E-state index in [-0.39, 0.29) is 5.91 Å². The summed E-state index contributed by atoms with van der Waals surface area (Å²) in [4.78, 5) is 24.4. The Morgan fingerprint density at radius 3 is 2.41 bits per heavy atom. The van der Waals surface area contributed by atoms with Gasteiger partial charge in [0.2, 0.25) is 0 Å². The van der Waals surface area contributed by atoms with Gasteiger partial charge in [-0.3, -0.25) is 4.79 Å². The number of carbonyl (C=O) groups excluding carboxylic acids is 2. The van der Waals surface area contributed by atoms with Gasteiger partial charge in [-0.25, -0.2) is 10.2 Å². The second-order valence-corrected chi connectivity index (χ2v) is 6.47. The Balaban J connectivity index is 1.57.